The topological polar surface area (TPSA) is 85.9 Å². The van der Waals surface area contributed by atoms with E-state index in [2.05, 4.69) is 9.97 Å². The van der Waals surface area contributed by atoms with Gasteiger partial charge in [0.25, 0.3) is 0 Å². The second kappa shape index (κ2) is 3.81. The number of nitrogens with zero attached hydrogens (tertiary/aromatic N) is 2. The van der Waals surface area contributed by atoms with Crippen LogP contribution in [-0.4, -0.2) is 18.4 Å². The van der Waals surface area contributed by atoms with Crippen molar-refractivity contribution in [3.05, 3.63) is 29.4 Å². The van der Waals surface area contributed by atoms with Crippen molar-refractivity contribution < 1.29 is 12.8 Å². The molecular formula is C7H8FN3O2S. The van der Waals surface area contributed by atoms with Crippen molar-refractivity contribution in [3.8, 4) is 0 Å². The van der Waals surface area contributed by atoms with Crippen LogP contribution in [0.2, 0.25) is 0 Å². The number of halogens is 1. The van der Waals surface area contributed by atoms with Gasteiger partial charge in [-0.3, -0.25) is 0 Å². The van der Waals surface area contributed by atoms with Crippen molar-refractivity contribution in [1.82, 2.24) is 9.97 Å². The maximum absolute atomic E-state index is 12.4. The van der Waals surface area contributed by atoms with E-state index >= 15 is 0 Å². The van der Waals surface area contributed by atoms with Crippen molar-refractivity contribution in [2.45, 2.75) is 6.92 Å². The summed E-state index contributed by atoms with van der Waals surface area (Å²) in [5, 5.41) is 5.59. The van der Waals surface area contributed by atoms with Gasteiger partial charge in [0.15, 0.2) is 11.6 Å². The predicted octanol–water partition coefficient (Wildman–Crippen LogP) is 0.265. The van der Waals surface area contributed by atoms with E-state index in [-0.39, 0.29) is 11.4 Å². The third-order valence-corrected chi connectivity index (χ3v) is 2.00. The molecule has 0 aliphatic heterocycles. The van der Waals surface area contributed by atoms with Gasteiger partial charge in [0.2, 0.25) is 10.0 Å². The normalized spacial score (nSPS) is 12.9. The largest absolute Gasteiger partial charge is 0.234 e. The maximum atomic E-state index is 12.4. The van der Waals surface area contributed by atoms with Crippen molar-refractivity contribution in [1.29, 1.82) is 0 Å². The van der Waals surface area contributed by atoms with Gasteiger partial charge in [-0.1, -0.05) is 0 Å². The van der Waals surface area contributed by atoms with Gasteiger partial charge in [0.1, 0.15) is 0 Å². The van der Waals surface area contributed by atoms with Gasteiger partial charge in [-0.2, -0.15) is 0 Å². The van der Waals surface area contributed by atoms with Crippen LogP contribution in [0, 0.1) is 5.82 Å². The summed E-state index contributed by atoms with van der Waals surface area (Å²) in [6, 6.07) is 0. The number of hydrogen-bond donors (Lipinski definition) is 1. The molecule has 76 valence electrons. The molecule has 5 nitrogen and oxygen atoms in total. The number of allylic oxidation sites excluding steroid dienone is 1. The van der Waals surface area contributed by atoms with Gasteiger partial charge in [-0.05, 0) is 6.92 Å². The fourth-order valence-electron chi connectivity index (χ4n) is 0.815. The van der Waals surface area contributed by atoms with E-state index in [0.717, 1.165) is 17.8 Å². The van der Waals surface area contributed by atoms with Crippen molar-refractivity contribution in [3.63, 3.8) is 0 Å². The smallest absolute Gasteiger partial charge is 0.231 e. The van der Waals surface area contributed by atoms with E-state index < -0.39 is 15.8 Å². The summed E-state index contributed by atoms with van der Waals surface area (Å²) < 4.78 is 33.7. The summed E-state index contributed by atoms with van der Waals surface area (Å²) in [7, 11) is -3.72. The molecule has 1 aromatic rings. The summed E-state index contributed by atoms with van der Waals surface area (Å²) >= 11 is 0. The minimum atomic E-state index is -3.72. The molecular weight excluding hydrogens is 209 g/mol. The van der Waals surface area contributed by atoms with E-state index in [9.17, 15) is 12.8 Å². The number of aromatic nitrogens is 2. The lowest BCUT2D eigenvalue weighted by atomic mass is 10.3. The Morgan fingerprint density at radius 3 is 2.43 bits per heavy atom. The Hall–Kier alpha value is -1.34. The molecule has 0 unspecified atom stereocenters. The first-order chi connectivity index (χ1) is 6.38. The average Bonchev–Trinajstić information content (AvgIpc) is 2.02. The SMILES string of the molecule is C/C(=C\S(N)(=O)=O)c1ncc(F)cn1. The third kappa shape index (κ3) is 3.19. The number of sulfonamides is 1. The first kappa shape index (κ1) is 10.7. The van der Waals surface area contributed by atoms with Gasteiger partial charge in [-0.25, -0.2) is 27.9 Å². The molecule has 7 heteroatoms. The molecule has 14 heavy (non-hydrogen) atoms. The van der Waals surface area contributed by atoms with Crippen LogP contribution in [0.15, 0.2) is 17.8 Å². The van der Waals surface area contributed by atoms with E-state index in [1.54, 1.807) is 0 Å². The van der Waals surface area contributed by atoms with Crippen molar-refractivity contribution >= 4 is 15.6 Å². The summed E-state index contributed by atoms with van der Waals surface area (Å²) in [5.74, 6) is -0.461. The lowest BCUT2D eigenvalue weighted by molar-refractivity contribution is 0.606. The molecule has 0 bridgehead atoms. The Balaban J connectivity index is 3.07. The van der Waals surface area contributed by atoms with Crippen LogP contribution in [0.3, 0.4) is 0 Å². The van der Waals surface area contributed by atoms with Crippen molar-refractivity contribution in [2.24, 2.45) is 5.14 Å². The molecule has 2 N–H and O–H groups in total. The number of hydrogen-bond acceptors (Lipinski definition) is 4. The van der Waals surface area contributed by atoms with Crippen LogP contribution < -0.4 is 5.14 Å². The highest BCUT2D eigenvalue weighted by Crippen LogP contribution is 2.08. The van der Waals surface area contributed by atoms with Gasteiger partial charge in [0, 0.05) is 5.57 Å². The molecule has 1 heterocycles. The highest BCUT2D eigenvalue weighted by atomic mass is 32.2. The maximum Gasteiger partial charge on any atom is 0.231 e. The quantitative estimate of drug-likeness (QED) is 0.770. The Morgan fingerprint density at radius 1 is 1.50 bits per heavy atom. The molecule has 0 aliphatic carbocycles. The van der Waals surface area contributed by atoms with Crippen LogP contribution in [0.25, 0.3) is 5.57 Å². The monoisotopic (exact) mass is 217 g/mol. The van der Waals surface area contributed by atoms with E-state index in [1.807, 2.05) is 0 Å². The summed E-state index contributed by atoms with van der Waals surface area (Å²) in [6.45, 7) is 1.47. The predicted molar refractivity (Wildman–Crippen MR) is 48.7 cm³/mol. The zero-order valence-electron chi connectivity index (χ0n) is 7.31. The first-order valence-corrected chi connectivity index (χ1v) is 5.18. The molecule has 0 amide bonds. The van der Waals surface area contributed by atoms with Crippen molar-refractivity contribution in [2.75, 3.05) is 0 Å². The molecule has 0 atom stereocenters. The second-order valence-electron chi connectivity index (χ2n) is 2.61. The molecule has 0 aromatic carbocycles. The molecule has 0 spiro atoms. The Labute approximate surface area is 80.5 Å². The lowest BCUT2D eigenvalue weighted by Gasteiger charge is -1.97. The molecule has 1 rings (SSSR count). The van der Waals surface area contributed by atoms with Gasteiger partial charge >= 0.3 is 0 Å². The van der Waals surface area contributed by atoms with E-state index in [0.29, 0.717) is 0 Å². The van der Waals surface area contributed by atoms with Gasteiger partial charge < -0.3 is 0 Å². The van der Waals surface area contributed by atoms with Crippen LogP contribution in [-0.2, 0) is 10.0 Å². The van der Waals surface area contributed by atoms with Crippen LogP contribution in [0.5, 0.6) is 0 Å². The molecule has 0 saturated carbocycles. The highest BCUT2D eigenvalue weighted by Gasteiger charge is 2.03. The average molecular weight is 217 g/mol. The molecule has 0 fully saturated rings. The van der Waals surface area contributed by atoms with E-state index in [1.165, 1.54) is 6.92 Å². The zero-order valence-corrected chi connectivity index (χ0v) is 8.12. The minimum Gasteiger partial charge on any atom is -0.234 e. The molecule has 0 saturated heterocycles. The number of nitrogens with two attached hydrogens (primary N) is 1. The number of rotatable bonds is 2. The minimum absolute atomic E-state index is 0.125. The standard InChI is InChI=1S/C7H8FN3O2S/c1-5(4-14(9,12)13)7-10-2-6(8)3-11-7/h2-4H,1H3,(H2,9,12,13)/b5-4+. The molecule has 0 aliphatic rings. The Kier molecular flexibility index (Phi) is 2.92. The second-order valence-corrected chi connectivity index (χ2v) is 4.03. The number of primary sulfonamides is 1. The lowest BCUT2D eigenvalue weighted by Crippen LogP contribution is -2.08. The fourth-order valence-corrected chi connectivity index (χ4v) is 1.41. The van der Waals surface area contributed by atoms with Crippen LogP contribution in [0.1, 0.15) is 12.7 Å². The van der Waals surface area contributed by atoms with Gasteiger partial charge in [0.05, 0.1) is 17.8 Å². The van der Waals surface area contributed by atoms with Gasteiger partial charge in [-0.15, -0.1) is 0 Å². The van der Waals surface area contributed by atoms with Crippen LogP contribution >= 0.6 is 0 Å². The zero-order chi connectivity index (χ0) is 10.8. The Bertz CT molecular complexity index is 452. The fraction of sp³-hybridized carbons (Fsp3) is 0.143. The Morgan fingerprint density at radius 2 is 2.00 bits per heavy atom. The third-order valence-electron chi connectivity index (χ3n) is 1.31. The van der Waals surface area contributed by atoms with E-state index in [4.69, 9.17) is 5.14 Å². The summed E-state index contributed by atoms with van der Waals surface area (Å²) in [5.41, 5.74) is 0.257. The molecule has 0 radical (unpaired) electrons. The summed E-state index contributed by atoms with van der Waals surface area (Å²) in [6.07, 6.45) is 1.89. The summed E-state index contributed by atoms with van der Waals surface area (Å²) in [4.78, 5) is 7.18. The van der Waals surface area contributed by atoms with Crippen LogP contribution in [0.4, 0.5) is 4.39 Å². The highest BCUT2D eigenvalue weighted by molar-refractivity contribution is 7.92. The first-order valence-electron chi connectivity index (χ1n) is 3.57. The molecule has 1 aromatic heterocycles.